The number of carbonyl (C=O) groups is 3. The minimum atomic E-state index is -0.665. The van der Waals surface area contributed by atoms with E-state index in [0.29, 0.717) is 36.6 Å². The molecule has 0 aliphatic rings. The Morgan fingerprint density at radius 3 is 2.41 bits per heavy atom. The number of methoxy groups -OCH3 is 1. The molecule has 1 aromatic heterocycles. The largest absolute Gasteiger partial charge is 0.453 e. The van der Waals surface area contributed by atoms with Gasteiger partial charge in [-0.25, -0.2) is 14.8 Å². The molecule has 5 N–H and O–H groups in total. The molecule has 0 unspecified atom stereocenters. The molecule has 2 aromatic rings. The summed E-state index contributed by atoms with van der Waals surface area (Å²) in [5.41, 5.74) is 7.43. The first kappa shape index (κ1) is 29.3. The predicted molar refractivity (Wildman–Crippen MR) is 144 cm³/mol. The van der Waals surface area contributed by atoms with Crippen LogP contribution in [0.2, 0.25) is 0 Å². The first-order valence-electron chi connectivity index (χ1n) is 12.4. The van der Waals surface area contributed by atoms with Gasteiger partial charge in [0.1, 0.15) is 12.4 Å². The average molecular weight is 514 g/mol. The standard InChI is InChI=1S/C26H39N7O4/c1-7-13-29-23-19(8-2)31-21(22(27)35)24(32-23)30-18-11-9-10-17(15-18)12-14-28-20(34)16-33(25(36)37-6)26(3,4)5/h9-11,15H,7-8,12-14,16H2,1-6H3,(H2,27,35)(H,28,34)(H2,29,30,32). The number of primary amides is 1. The highest BCUT2D eigenvalue weighted by atomic mass is 16.5. The molecule has 2 rings (SSSR count). The Bertz CT molecular complexity index is 1100. The second kappa shape index (κ2) is 13.4. The highest BCUT2D eigenvalue weighted by Crippen LogP contribution is 2.23. The van der Waals surface area contributed by atoms with Crippen molar-refractivity contribution in [2.45, 2.75) is 59.4 Å². The first-order valence-corrected chi connectivity index (χ1v) is 12.4. The normalized spacial score (nSPS) is 11.0. The fourth-order valence-electron chi connectivity index (χ4n) is 3.53. The molecule has 202 valence electrons. The van der Waals surface area contributed by atoms with Crippen LogP contribution >= 0.6 is 0 Å². The number of nitrogens with two attached hydrogens (primary N) is 1. The number of aromatic nitrogens is 2. The van der Waals surface area contributed by atoms with Gasteiger partial charge >= 0.3 is 6.09 Å². The third-order valence-electron chi connectivity index (χ3n) is 5.51. The lowest BCUT2D eigenvalue weighted by molar-refractivity contribution is -0.123. The van der Waals surface area contributed by atoms with Gasteiger partial charge in [0, 0.05) is 24.3 Å². The molecule has 0 radical (unpaired) electrons. The fourth-order valence-corrected chi connectivity index (χ4v) is 3.53. The van der Waals surface area contributed by atoms with Gasteiger partial charge in [-0.2, -0.15) is 0 Å². The molecular weight excluding hydrogens is 474 g/mol. The van der Waals surface area contributed by atoms with E-state index < -0.39 is 17.5 Å². The number of anilines is 3. The summed E-state index contributed by atoms with van der Waals surface area (Å²) in [5.74, 6) is -0.0493. The summed E-state index contributed by atoms with van der Waals surface area (Å²) in [6.45, 7) is 10.5. The van der Waals surface area contributed by atoms with Gasteiger partial charge in [0.05, 0.1) is 12.8 Å². The number of ether oxygens (including phenoxy) is 1. The van der Waals surface area contributed by atoms with Gasteiger partial charge in [-0.05, 0) is 57.7 Å². The van der Waals surface area contributed by atoms with Crippen LogP contribution in [-0.2, 0) is 22.4 Å². The van der Waals surface area contributed by atoms with Crippen LogP contribution in [0.4, 0.5) is 22.1 Å². The van der Waals surface area contributed by atoms with Crippen molar-refractivity contribution < 1.29 is 19.1 Å². The van der Waals surface area contributed by atoms with Gasteiger partial charge in [-0.15, -0.1) is 0 Å². The van der Waals surface area contributed by atoms with Gasteiger partial charge in [0.2, 0.25) is 5.91 Å². The van der Waals surface area contributed by atoms with Crippen molar-refractivity contribution in [1.82, 2.24) is 20.2 Å². The summed E-state index contributed by atoms with van der Waals surface area (Å²) in [4.78, 5) is 46.9. The van der Waals surface area contributed by atoms with Crippen molar-refractivity contribution >= 4 is 35.2 Å². The molecule has 0 aliphatic carbocycles. The lowest BCUT2D eigenvalue weighted by Crippen LogP contribution is -2.50. The summed E-state index contributed by atoms with van der Waals surface area (Å²) in [6.07, 6.45) is 1.52. The lowest BCUT2D eigenvalue weighted by Gasteiger charge is -2.33. The number of carbonyl (C=O) groups excluding carboxylic acids is 3. The Balaban J connectivity index is 2.10. The quantitative estimate of drug-likeness (QED) is 0.338. The van der Waals surface area contributed by atoms with E-state index in [2.05, 4.69) is 32.8 Å². The molecule has 37 heavy (non-hydrogen) atoms. The summed E-state index contributed by atoms with van der Waals surface area (Å²) in [5, 5.41) is 9.26. The number of hydrogen-bond donors (Lipinski definition) is 4. The Morgan fingerprint density at radius 2 is 1.81 bits per heavy atom. The minimum absolute atomic E-state index is 0.0746. The molecule has 11 heteroatoms. The van der Waals surface area contributed by atoms with Crippen LogP contribution in [0.25, 0.3) is 0 Å². The third kappa shape index (κ3) is 8.62. The number of rotatable bonds is 12. The zero-order valence-electron chi connectivity index (χ0n) is 22.6. The predicted octanol–water partition coefficient (Wildman–Crippen LogP) is 3.23. The van der Waals surface area contributed by atoms with Gasteiger partial charge < -0.3 is 26.4 Å². The van der Waals surface area contributed by atoms with E-state index in [9.17, 15) is 14.4 Å². The van der Waals surface area contributed by atoms with Crippen LogP contribution in [0.15, 0.2) is 24.3 Å². The summed E-state index contributed by atoms with van der Waals surface area (Å²) < 4.78 is 4.80. The van der Waals surface area contributed by atoms with E-state index in [1.807, 2.05) is 52.0 Å². The zero-order chi connectivity index (χ0) is 27.6. The molecule has 11 nitrogen and oxygen atoms in total. The van der Waals surface area contributed by atoms with Crippen molar-refractivity contribution in [2.24, 2.45) is 5.73 Å². The molecule has 3 amide bonds. The molecule has 0 fully saturated rings. The maximum atomic E-state index is 12.4. The van der Waals surface area contributed by atoms with Crippen LogP contribution in [0.3, 0.4) is 0 Å². The molecule has 0 spiro atoms. The van der Waals surface area contributed by atoms with Crippen LogP contribution in [-0.4, -0.2) is 65.1 Å². The van der Waals surface area contributed by atoms with Crippen molar-refractivity contribution in [2.75, 3.05) is 37.4 Å². The van der Waals surface area contributed by atoms with E-state index in [4.69, 9.17) is 10.5 Å². The van der Waals surface area contributed by atoms with Crippen molar-refractivity contribution in [3.63, 3.8) is 0 Å². The van der Waals surface area contributed by atoms with Crippen molar-refractivity contribution in [3.8, 4) is 0 Å². The Hall–Kier alpha value is -3.89. The summed E-state index contributed by atoms with van der Waals surface area (Å²) >= 11 is 0. The lowest BCUT2D eigenvalue weighted by atomic mass is 10.1. The number of nitrogens with zero attached hydrogens (tertiary/aromatic N) is 3. The van der Waals surface area contributed by atoms with Gasteiger partial charge in [0.25, 0.3) is 5.91 Å². The molecule has 0 bridgehead atoms. The average Bonchev–Trinajstić information content (AvgIpc) is 2.85. The maximum absolute atomic E-state index is 12.4. The second-order valence-corrected chi connectivity index (χ2v) is 9.51. The number of nitrogens with one attached hydrogen (secondary N) is 3. The van der Waals surface area contributed by atoms with Crippen molar-refractivity contribution in [3.05, 3.63) is 41.2 Å². The molecule has 0 saturated heterocycles. The van der Waals surface area contributed by atoms with Gasteiger partial charge in [-0.1, -0.05) is 26.0 Å². The van der Waals surface area contributed by atoms with E-state index in [-0.39, 0.29) is 24.0 Å². The number of benzene rings is 1. The van der Waals surface area contributed by atoms with E-state index in [1.54, 1.807) is 0 Å². The zero-order valence-corrected chi connectivity index (χ0v) is 22.6. The van der Waals surface area contributed by atoms with Gasteiger partial charge in [-0.3, -0.25) is 14.5 Å². The topological polar surface area (TPSA) is 152 Å². The second-order valence-electron chi connectivity index (χ2n) is 9.51. The Kier molecular flexibility index (Phi) is 10.6. The van der Waals surface area contributed by atoms with Crippen LogP contribution in [0.5, 0.6) is 0 Å². The summed E-state index contributed by atoms with van der Waals surface area (Å²) in [6, 6.07) is 7.55. The monoisotopic (exact) mass is 513 g/mol. The highest BCUT2D eigenvalue weighted by molar-refractivity contribution is 5.96. The molecule has 0 saturated carbocycles. The van der Waals surface area contributed by atoms with Crippen LogP contribution in [0.1, 0.15) is 62.8 Å². The van der Waals surface area contributed by atoms with E-state index >= 15 is 0 Å². The van der Waals surface area contributed by atoms with Crippen molar-refractivity contribution in [1.29, 1.82) is 0 Å². The number of amides is 3. The minimum Gasteiger partial charge on any atom is -0.453 e. The van der Waals surface area contributed by atoms with Crippen LogP contribution in [0, 0.1) is 0 Å². The van der Waals surface area contributed by atoms with E-state index in [0.717, 1.165) is 18.5 Å². The Labute approximate surface area is 218 Å². The van der Waals surface area contributed by atoms with Crippen LogP contribution < -0.4 is 21.7 Å². The molecule has 0 aliphatic heterocycles. The third-order valence-corrected chi connectivity index (χ3v) is 5.51. The molecular formula is C26H39N7O4. The SMILES string of the molecule is CCCNc1nc(Nc2cccc(CCNC(=O)CN(C(=O)OC)C(C)(C)C)c2)c(C(N)=O)nc1CC. The first-order chi connectivity index (χ1) is 17.5. The van der Waals surface area contributed by atoms with Gasteiger partial charge in [0.15, 0.2) is 11.5 Å². The summed E-state index contributed by atoms with van der Waals surface area (Å²) in [7, 11) is 1.29. The molecule has 0 atom stereocenters. The highest BCUT2D eigenvalue weighted by Gasteiger charge is 2.29. The molecule has 1 heterocycles. The number of hydrogen-bond acceptors (Lipinski definition) is 8. The maximum Gasteiger partial charge on any atom is 0.410 e. The smallest absolute Gasteiger partial charge is 0.410 e. The Morgan fingerprint density at radius 1 is 1.08 bits per heavy atom. The molecule has 1 aromatic carbocycles. The van der Waals surface area contributed by atoms with E-state index in [1.165, 1.54) is 12.0 Å². The number of aryl methyl sites for hydroxylation is 1. The fraction of sp³-hybridized carbons (Fsp3) is 0.500.